The Balaban J connectivity index is 1.76. The molecule has 0 radical (unpaired) electrons. The van der Waals surface area contributed by atoms with E-state index in [0.717, 1.165) is 12.1 Å². The van der Waals surface area contributed by atoms with Crippen LogP contribution in [0.1, 0.15) is 37.3 Å². The maximum atomic E-state index is 12.7. The molecule has 1 aliphatic carbocycles. The van der Waals surface area contributed by atoms with Gasteiger partial charge < -0.3 is 14.7 Å². The van der Waals surface area contributed by atoms with Gasteiger partial charge in [-0.2, -0.15) is 0 Å². The standard InChI is InChI=1S/C17H22ClNO3/c18-14-7-5-13(6-8-14)15-11-22-16(2-1-9-20)17(21)19(15)10-12-3-4-12/h5-8,12,15-16,20H,1-4,9-11H2/t15-,16+/m1/s1. The van der Waals surface area contributed by atoms with E-state index in [1.807, 2.05) is 29.2 Å². The van der Waals surface area contributed by atoms with Crippen molar-refractivity contribution < 1.29 is 14.6 Å². The van der Waals surface area contributed by atoms with Crippen LogP contribution in [0.25, 0.3) is 0 Å². The van der Waals surface area contributed by atoms with Gasteiger partial charge >= 0.3 is 0 Å². The Morgan fingerprint density at radius 3 is 2.64 bits per heavy atom. The molecule has 0 aromatic heterocycles. The first kappa shape index (κ1) is 15.8. The topological polar surface area (TPSA) is 49.8 Å². The number of nitrogens with zero attached hydrogens (tertiary/aromatic N) is 1. The number of hydrogen-bond acceptors (Lipinski definition) is 3. The van der Waals surface area contributed by atoms with Crippen molar-refractivity contribution in [3.05, 3.63) is 34.9 Å². The average molecular weight is 324 g/mol. The van der Waals surface area contributed by atoms with E-state index in [-0.39, 0.29) is 18.6 Å². The second kappa shape index (κ2) is 6.99. The number of ether oxygens (including phenoxy) is 1. The third-order valence-electron chi connectivity index (χ3n) is 4.42. The maximum Gasteiger partial charge on any atom is 0.252 e. The number of carbonyl (C=O) groups is 1. The Bertz CT molecular complexity index is 515. The third-order valence-corrected chi connectivity index (χ3v) is 4.67. The van der Waals surface area contributed by atoms with Crippen molar-refractivity contribution >= 4 is 17.5 Å². The number of amides is 1. The minimum Gasteiger partial charge on any atom is -0.396 e. The first-order chi connectivity index (χ1) is 10.7. The molecule has 0 spiro atoms. The third kappa shape index (κ3) is 3.62. The second-order valence-corrected chi connectivity index (χ2v) is 6.63. The number of morpholine rings is 1. The van der Waals surface area contributed by atoms with Crippen LogP contribution in [0.15, 0.2) is 24.3 Å². The Kier molecular flexibility index (Phi) is 5.01. The molecule has 0 bridgehead atoms. The van der Waals surface area contributed by atoms with Crippen LogP contribution in [0.3, 0.4) is 0 Å². The lowest BCUT2D eigenvalue weighted by molar-refractivity contribution is -0.161. The fourth-order valence-corrected chi connectivity index (χ4v) is 3.07. The summed E-state index contributed by atoms with van der Waals surface area (Å²) in [6.07, 6.45) is 3.19. The van der Waals surface area contributed by atoms with Crippen LogP contribution in [-0.2, 0) is 9.53 Å². The number of carbonyl (C=O) groups excluding carboxylic acids is 1. The zero-order valence-corrected chi connectivity index (χ0v) is 13.3. The number of aliphatic hydroxyl groups excluding tert-OH is 1. The maximum absolute atomic E-state index is 12.7. The van der Waals surface area contributed by atoms with Gasteiger partial charge in [0.2, 0.25) is 0 Å². The van der Waals surface area contributed by atoms with Crippen LogP contribution in [0.4, 0.5) is 0 Å². The first-order valence-electron chi connectivity index (χ1n) is 7.97. The zero-order valence-electron chi connectivity index (χ0n) is 12.6. The number of aliphatic hydroxyl groups is 1. The summed E-state index contributed by atoms with van der Waals surface area (Å²) in [6.45, 7) is 1.41. The van der Waals surface area contributed by atoms with E-state index in [2.05, 4.69) is 0 Å². The molecule has 5 heteroatoms. The molecule has 1 saturated heterocycles. The van der Waals surface area contributed by atoms with E-state index in [0.29, 0.717) is 30.4 Å². The Labute approximate surface area is 136 Å². The summed E-state index contributed by atoms with van der Waals surface area (Å²) < 4.78 is 5.79. The molecule has 120 valence electrons. The van der Waals surface area contributed by atoms with Gasteiger partial charge in [-0.1, -0.05) is 23.7 Å². The fourth-order valence-electron chi connectivity index (χ4n) is 2.95. The van der Waals surface area contributed by atoms with Crippen molar-refractivity contribution in [1.82, 2.24) is 4.90 Å². The highest BCUT2D eigenvalue weighted by molar-refractivity contribution is 6.30. The van der Waals surface area contributed by atoms with Crippen LogP contribution in [0.5, 0.6) is 0 Å². The lowest BCUT2D eigenvalue weighted by Gasteiger charge is -2.39. The van der Waals surface area contributed by atoms with Crippen molar-refractivity contribution in [2.75, 3.05) is 19.8 Å². The summed E-state index contributed by atoms with van der Waals surface area (Å²) in [4.78, 5) is 14.7. The average Bonchev–Trinajstić information content (AvgIpc) is 3.33. The predicted octanol–water partition coefficient (Wildman–Crippen LogP) is 2.79. The Morgan fingerprint density at radius 2 is 2.00 bits per heavy atom. The summed E-state index contributed by atoms with van der Waals surface area (Å²) >= 11 is 5.95. The second-order valence-electron chi connectivity index (χ2n) is 6.19. The molecule has 2 fully saturated rings. The highest BCUT2D eigenvalue weighted by Crippen LogP contribution is 2.36. The molecular weight excluding hydrogens is 302 g/mol. The van der Waals surface area contributed by atoms with Crippen molar-refractivity contribution in [2.24, 2.45) is 5.92 Å². The van der Waals surface area contributed by atoms with Gasteiger partial charge in [0.05, 0.1) is 12.6 Å². The van der Waals surface area contributed by atoms with Crippen LogP contribution in [0.2, 0.25) is 5.02 Å². The van der Waals surface area contributed by atoms with Crippen molar-refractivity contribution in [3.63, 3.8) is 0 Å². The number of hydrogen-bond donors (Lipinski definition) is 1. The van der Waals surface area contributed by atoms with Crippen LogP contribution in [0, 0.1) is 5.92 Å². The van der Waals surface area contributed by atoms with E-state index in [1.54, 1.807) is 0 Å². The molecule has 1 N–H and O–H groups in total. The number of rotatable bonds is 6. The molecule has 1 aliphatic heterocycles. The first-order valence-corrected chi connectivity index (χ1v) is 8.35. The summed E-state index contributed by atoms with van der Waals surface area (Å²) in [5.74, 6) is 0.696. The monoisotopic (exact) mass is 323 g/mol. The van der Waals surface area contributed by atoms with Crippen molar-refractivity contribution in [2.45, 2.75) is 37.8 Å². The summed E-state index contributed by atoms with van der Waals surface area (Å²) in [6, 6.07) is 7.62. The van der Waals surface area contributed by atoms with Crippen LogP contribution in [-0.4, -0.2) is 41.8 Å². The number of halogens is 1. The van der Waals surface area contributed by atoms with E-state index in [1.165, 1.54) is 12.8 Å². The molecule has 1 aromatic carbocycles. The lowest BCUT2D eigenvalue weighted by Crippen LogP contribution is -2.50. The van der Waals surface area contributed by atoms with Gasteiger partial charge in [0.15, 0.2) is 0 Å². The molecule has 4 nitrogen and oxygen atoms in total. The van der Waals surface area contributed by atoms with Crippen LogP contribution >= 0.6 is 11.6 Å². The molecule has 3 rings (SSSR count). The molecular formula is C17H22ClNO3. The van der Waals surface area contributed by atoms with Crippen LogP contribution < -0.4 is 0 Å². The van der Waals surface area contributed by atoms with Crippen molar-refractivity contribution in [1.29, 1.82) is 0 Å². The Hall–Kier alpha value is -1.10. The molecule has 1 saturated carbocycles. The normalized spacial score (nSPS) is 25.5. The zero-order chi connectivity index (χ0) is 15.5. The van der Waals surface area contributed by atoms with E-state index in [4.69, 9.17) is 21.4 Å². The molecule has 1 heterocycles. The SMILES string of the molecule is O=C1[C@H](CCCO)OC[C@H](c2ccc(Cl)cc2)N1CC1CC1. The Morgan fingerprint density at radius 1 is 1.27 bits per heavy atom. The van der Waals surface area contributed by atoms with Gasteiger partial charge in [0.25, 0.3) is 5.91 Å². The highest BCUT2D eigenvalue weighted by atomic mass is 35.5. The predicted molar refractivity (Wildman–Crippen MR) is 84.7 cm³/mol. The summed E-state index contributed by atoms with van der Waals surface area (Å²) in [5, 5.41) is 9.66. The smallest absolute Gasteiger partial charge is 0.252 e. The minimum atomic E-state index is -0.408. The van der Waals surface area contributed by atoms with Gasteiger partial charge in [-0.15, -0.1) is 0 Å². The van der Waals surface area contributed by atoms with E-state index in [9.17, 15) is 4.79 Å². The molecule has 22 heavy (non-hydrogen) atoms. The van der Waals surface area contributed by atoms with Gasteiger partial charge in [-0.25, -0.2) is 0 Å². The molecule has 2 aliphatic rings. The molecule has 1 aromatic rings. The minimum absolute atomic E-state index is 0.0317. The fraction of sp³-hybridized carbons (Fsp3) is 0.588. The van der Waals surface area contributed by atoms with Gasteiger partial charge in [-0.05, 0) is 49.3 Å². The van der Waals surface area contributed by atoms with Gasteiger partial charge in [0.1, 0.15) is 6.10 Å². The van der Waals surface area contributed by atoms with E-state index < -0.39 is 6.10 Å². The highest BCUT2D eigenvalue weighted by Gasteiger charge is 2.39. The molecule has 2 atom stereocenters. The largest absolute Gasteiger partial charge is 0.396 e. The van der Waals surface area contributed by atoms with E-state index >= 15 is 0 Å². The van der Waals surface area contributed by atoms with Gasteiger partial charge in [-0.3, -0.25) is 4.79 Å². The van der Waals surface area contributed by atoms with Gasteiger partial charge in [0, 0.05) is 18.2 Å². The molecule has 0 unspecified atom stereocenters. The summed E-state index contributed by atoms with van der Waals surface area (Å²) in [5.41, 5.74) is 1.07. The quantitative estimate of drug-likeness (QED) is 0.875. The van der Waals surface area contributed by atoms with Crippen molar-refractivity contribution in [3.8, 4) is 0 Å². The summed E-state index contributed by atoms with van der Waals surface area (Å²) in [7, 11) is 0. The number of benzene rings is 1. The lowest BCUT2D eigenvalue weighted by atomic mass is 10.0. The molecule has 1 amide bonds.